The zero-order valence-corrected chi connectivity index (χ0v) is 13.2. The van der Waals surface area contributed by atoms with Crippen molar-refractivity contribution in [3.05, 3.63) is 54.1 Å². The van der Waals surface area contributed by atoms with Gasteiger partial charge in [-0.3, -0.25) is 9.52 Å². The normalized spacial score (nSPS) is 11.0. The summed E-state index contributed by atoms with van der Waals surface area (Å²) in [7, 11) is -3.76. The number of hydrogen-bond acceptors (Lipinski definition) is 4. The van der Waals surface area contributed by atoms with Gasteiger partial charge in [-0.2, -0.15) is 0 Å². The Morgan fingerprint density at radius 2 is 1.73 bits per heavy atom. The molecule has 0 spiro atoms. The fourth-order valence-electron chi connectivity index (χ4n) is 1.96. The second-order valence-corrected chi connectivity index (χ2v) is 6.29. The number of sulfonamides is 1. The van der Waals surface area contributed by atoms with Gasteiger partial charge in [0.25, 0.3) is 10.0 Å². The first-order valence-electron chi connectivity index (χ1n) is 6.79. The molecule has 0 amide bonds. The van der Waals surface area contributed by atoms with Gasteiger partial charge >= 0.3 is 0 Å². The van der Waals surface area contributed by atoms with Crippen molar-refractivity contribution in [3.63, 3.8) is 0 Å². The van der Waals surface area contributed by atoms with Gasteiger partial charge in [0.05, 0.1) is 17.2 Å². The Kier molecular flexibility index (Phi) is 4.82. The molecule has 0 saturated carbocycles. The molecular weight excluding hydrogens is 302 g/mol. The van der Waals surface area contributed by atoms with Crippen LogP contribution in [0.2, 0.25) is 0 Å². The lowest BCUT2D eigenvalue weighted by molar-refractivity contribution is 0.101. The SMILES string of the molecule is CCOc1ccc(S(=O)(=O)Nc2ccccc2C(C)=O)cc1. The molecule has 1 N–H and O–H groups in total. The van der Waals surface area contributed by atoms with E-state index in [0.29, 0.717) is 17.9 Å². The van der Waals surface area contributed by atoms with E-state index in [9.17, 15) is 13.2 Å². The largest absolute Gasteiger partial charge is 0.494 e. The van der Waals surface area contributed by atoms with Crippen LogP contribution in [-0.4, -0.2) is 20.8 Å². The van der Waals surface area contributed by atoms with Gasteiger partial charge < -0.3 is 4.74 Å². The number of nitrogens with one attached hydrogen (secondary N) is 1. The van der Waals surface area contributed by atoms with Crippen molar-refractivity contribution in [1.82, 2.24) is 0 Å². The van der Waals surface area contributed by atoms with E-state index in [1.807, 2.05) is 6.92 Å². The number of carbonyl (C=O) groups is 1. The van der Waals surface area contributed by atoms with Crippen molar-refractivity contribution >= 4 is 21.5 Å². The van der Waals surface area contributed by atoms with Crippen LogP contribution in [0, 0.1) is 0 Å². The molecule has 0 radical (unpaired) electrons. The third-order valence-electron chi connectivity index (χ3n) is 3.00. The quantitative estimate of drug-likeness (QED) is 0.830. The lowest BCUT2D eigenvalue weighted by Gasteiger charge is -2.11. The molecule has 0 fully saturated rings. The van der Waals surface area contributed by atoms with Crippen LogP contribution in [-0.2, 0) is 10.0 Å². The Bertz CT molecular complexity index is 767. The number of carbonyl (C=O) groups excluding carboxylic acids is 1. The van der Waals surface area contributed by atoms with E-state index < -0.39 is 10.0 Å². The van der Waals surface area contributed by atoms with E-state index in [0.717, 1.165) is 0 Å². The number of hydrogen-bond donors (Lipinski definition) is 1. The highest BCUT2D eigenvalue weighted by Crippen LogP contribution is 2.22. The molecule has 0 atom stereocenters. The third-order valence-corrected chi connectivity index (χ3v) is 4.38. The van der Waals surface area contributed by atoms with Crippen LogP contribution in [0.5, 0.6) is 5.75 Å². The molecule has 0 saturated heterocycles. The summed E-state index contributed by atoms with van der Waals surface area (Å²) in [5.41, 5.74) is 0.598. The van der Waals surface area contributed by atoms with E-state index in [1.54, 1.807) is 36.4 Å². The summed E-state index contributed by atoms with van der Waals surface area (Å²) < 4.78 is 32.5. The molecule has 5 nitrogen and oxygen atoms in total. The number of anilines is 1. The van der Waals surface area contributed by atoms with Gasteiger partial charge in [-0.1, -0.05) is 12.1 Å². The molecule has 2 aromatic carbocycles. The molecule has 0 aliphatic rings. The highest BCUT2D eigenvalue weighted by molar-refractivity contribution is 7.92. The van der Waals surface area contributed by atoms with Crippen LogP contribution in [0.1, 0.15) is 24.2 Å². The average molecular weight is 319 g/mol. The van der Waals surface area contributed by atoms with E-state index in [-0.39, 0.29) is 16.4 Å². The van der Waals surface area contributed by atoms with E-state index >= 15 is 0 Å². The van der Waals surface area contributed by atoms with Crippen molar-refractivity contribution in [2.75, 3.05) is 11.3 Å². The molecule has 0 aromatic heterocycles. The molecule has 0 aliphatic heterocycles. The minimum absolute atomic E-state index is 0.106. The van der Waals surface area contributed by atoms with Crippen molar-refractivity contribution < 1.29 is 17.9 Å². The van der Waals surface area contributed by atoms with Crippen molar-refractivity contribution in [2.45, 2.75) is 18.7 Å². The third kappa shape index (κ3) is 3.65. The summed E-state index contributed by atoms with van der Waals surface area (Å²) in [5.74, 6) is 0.399. The highest BCUT2D eigenvalue weighted by Gasteiger charge is 2.17. The Morgan fingerprint density at radius 1 is 1.09 bits per heavy atom. The summed E-state index contributed by atoms with van der Waals surface area (Å²) >= 11 is 0. The zero-order chi connectivity index (χ0) is 16.2. The van der Waals surface area contributed by atoms with Gasteiger partial charge in [-0.25, -0.2) is 8.42 Å². The van der Waals surface area contributed by atoms with E-state index in [2.05, 4.69) is 4.72 Å². The standard InChI is InChI=1S/C16H17NO4S/c1-3-21-13-8-10-14(11-9-13)22(19,20)17-16-7-5-4-6-15(16)12(2)18/h4-11,17H,3H2,1-2H3. The topological polar surface area (TPSA) is 72.5 Å². The molecule has 2 rings (SSSR count). The highest BCUT2D eigenvalue weighted by atomic mass is 32.2. The number of ether oxygens (including phenoxy) is 1. The molecule has 0 unspecified atom stereocenters. The monoisotopic (exact) mass is 319 g/mol. The molecule has 0 bridgehead atoms. The van der Waals surface area contributed by atoms with Gasteiger partial charge in [-0.05, 0) is 50.2 Å². The smallest absolute Gasteiger partial charge is 0.261 e. The van der Waals surface area contributed by atoms with Gasteiger partial charge in [-0.15, -0.1) is 0 Å². The Morgan fingerprint density at radius 3 is 2.32 bits per heavy atom. The van der Waals surface area contributed by atoms with E-state index in [1.165, 1.54) is 19.1 Å². The van der Waals surface area contributed by atoms with Gasteiger partial charge in [0.2, 0.25) is 0 Å². The number of Topliss-reactive ketones (excluding diaryl/α,β-unsaturated/α-hetero) is 1. The predicted molar refractivity (Wildman–Crippen MR) is 84.9 cm³/mol. The second-order valence-electron chi connectivity index (χ2n) is 4.61. The Hall–Kier alpha value is -2.34. The molecule has 6 heteroatoms. The molecular formula is C16H17NO4S. The fourth-order valence-corrected chi connectivity index (χ4v) is 3.04. The minimum atomic E-state index is -3.76. The van der Waals surface area contributed by atoms with Crippen LogP contribution >= 0.6 is 0 Å². The van der Waals surface area contributed by atoms with Crippen LogP contribution < -0.4 is 9.46 Å². The average Bonchev–Trinajstić information content (AvgIpc) is 2.48. The number of ketones is 1. The first-order chi connectivity index (χ1) is 10.4. The minimum Gasteiger partial charge on any atom is -0.494 e. The summed E-state index contributed by atoms with van der Waals surface area (Å²) in [5, 5.41) is 0. The molecule has 0 heterocycles. The van der Waals surface area contributed by atoms with Crippen LogP contribution in [0.25, 0.3) is 0 Å². The summed E-state index contributed by atoms with van der Waals surface area (Å²) in [6.45, 7) is 3.76. The summed E-state index contributed by atoms with van der Waals surface area (Å²) in [4.78, 5) is 11.7. The second kappa shape index (κ2) is 6.62. The molecule has 22 heavy (non-hydrogen) atoms. The maximum atomic E-state index is 12.4. The van der Waals surface area contributed by atoms with Gasteiger partial charge in [0.15, 0.2) is 5.78 Å². The molecule has 2 aromatic rings. The first kappa shape index (κ1) is 16.0. The van der Waals surface area contributed by atoms with Crippen LogP contribution in [0.15, 0.2) is 53.4 Å². The maximum absolute atomic E-state index is 12.4. The van der Waals surface area contributed by atoms with Crippen molar-refractivity contribution in [1.29, 1.82) is 0 Å². The maximum Gasteiger partial charge on any atom is 0.261 e. The Labute approximate surface area is 130 Å². The van der Waals surface area contributed by atoms with Crippen LogP contribution in [0.4, 0.5) is 5.69 Å². The summed E-state index contributed by atoms with van der Waals surface area (Å²) in [6.07, 6.45) is 0. The number of rotatable bonds is 6. The number of para-hydroxylation sites is 1. The number of benzene rings is 2. The van der Waals surface area contributed by atoms with Crippen LogP contribution in [0.3, 0.4) is 0 Å². The van der Waals surface area contributed by atoms with Crippen molar-refractivity contribution in [2.24, 2.45) is 0 Å². The lowest BCUT2D eigenvalue weighted by Crippen LogP contribution is -2.15. The Balaban J connectivity index is 2.30. The lowest BCUT2D eigenvalue weighted by atomic mass is 10.1. The van der Waals surface area contributed by atoms with Crippen molar-refractivity contribution in [3.8, 4) is 5.75 Å². The summed E-state index contributed by atoms with van der Waals surface area (Å²) in [6, 6.07) is 12.6. The molecule has 0 aliphatic carbocycles. The first-order valence-corrected chi connectivity index (χ1v) is 8.28. The predicted octanol–water partition coefficient (Wildman–Crippen LogP) is 3.09. The molecule has 116 valence electrons. The van der Waals surface area contributed by atoms with Gasteiger partial charge in [0, 0.05) is 5.56 Å². The van der Waals surface area contributed by atoms with E-state index in [4.69, 9.17) is 4.74 Å². The fraction of sp³-hybridized carbons (Fsp3) is 0.188. The van der Waals surface area contributed by atoms with Gasteiger partial charge in [0.1, 0.15) is 5.75 Å². The zero-order valence-electron chi connectivity index (χ0n) is 12.4.